The molecule has 0 bridgehead atoms. The van der Waals surface area contributed by atoms with Gasteiger partial charge in [0.15, 0.2) is 0 Å². The van der Waals surface area contributed by atoms with Crippen molar-refractivity contribution in [1.29, 1.82) is 0 Å². The van der Waals surface area contributed by atoms with Gasteiger partial charge < -0.3 is 15.4 Å². The summed E-state index contributed by atoms with van der Waals surface area (Å²) in [5, 5.41) is 6.06. The van der Waals surface area contributed by atoms with Crippen LogP contribution in [-0.4, -0.2) is 31.6 Å². The Morgan fingerprint density at radius 1 is 1.13 bits per heavy atom. The summed E-state index contributed by atoms with van der Waals surface area (Å²) >= 11 is 3.56. The van der Waals surface area contributed by atoms with Gasteiger partial charge in [-0.3, -0.25) is 9.59 Å². The van der Waals surface area contributed by atoms with E-state index >= 15 is 0 Å². The molecule has 2 atom stereocenters. The highest BCUT2D eigenvalue weighted by Gasteiger charge is 2.39. The number of amides is 2. The Hall–Kier alpha value is -2.18. The second kappa shape index (κ2) is 8.90. The van der Waals surface area contributed by atoms with Crippen LogP contribution in [0.4, 0.5) is 5.69 Å². The number of nitrogens with one attached hydrogen (secondary N) is 2. The van der Waals surface area contributed by atoms with E-state index in [1.807, 2.05) is 18.2 Å². The normalized spacial score (nSPS) is 22.2. The van der Waals surface area contributed by atoms with Crippen LogP contribution in [0, 0.1) is 11.8 Å². The molecule has 1 heterocycles. The summed E-state index contributed by atoms with van der Waals surface area (Å²) in [6.07, 6.45) is 2.66. The predicted octanol–water partition coefficient (Wildman–Crippen LogP) is 4.52. The summed E-state index contributed by atoms with van der Waals surface area (Å²) in [5.74, 6) is 0.453. The Balaban J connectivity index is 1.45. The zero-order valence-electron chi connectivity index (χ0n) is 17.1. The van der Waals surface area contributed by atoms with Crippen molar-refractivity contribution in [3.05, 3.63) is 64.1 Å². The molecule has 0 aromatic heterocycles. The van der Waals surface area contributed by atoms with Crippen LogP contribution in [0.3, 0.4) is 0 Å². The molecule has 1 saturated carbocycles. The van der Waals surface area contributed by atoms with Gasteiger partial charge in [0.1, 0.15) is 0 Å². The summed E-state index contributed by atoms with van der Waals surface area (Å²) in [7, 11) is 0. The molecule has 6 heteroatoms. The summed E-state index contributed by atoms with van der Waals surface area (Å²) < 4.78 is 6.62. The average molecular weight is 471 g/mol. The molecule has 5 nitrogen and oxygen atoms in total. The SMILES string of the molecule is CC1CC1C(=O)Nc1cccc(C(=O)NCC2(c3cccc(Br)c3)CCOCC2)c1. The summed E-state index contributed by atoms with van der Waals surface area (Å²) in [6, 6.07) is 15.4. The van der Waals surface area contributed by atoms with Crippen LogP contribution in [0.1, 0.15) is 42.1 Å². The fourth-order valence-corrected chi connectivity index (χ4v) is 4.56. The lowest BCUT2D eigenvalue weighted by Gasteiger charge is -2.38. The lowest BCUT2D eigenvalue weighted by atomic mass is 9.74. The first-order chi connectivity index (χ1) is 14.5. The molecule has 2 N–H and O–H groups in total. The fraction of sp³-hybridized carbons (Fsp3) is 0.417. The maximum absolute atomic E-state index is 12.9. The van der Waals surface area contributed by atoms with E-state index in [2.05, 4.69) is 45.6 Å². The van der Waals surface area contributed by atoms with Gasteiger partial charge in [0, 0.05) is 46.8 Å². The van der Waals surface area contributed by atoms with E-state index in [-0.39, 0.29) is 23.1 Å². The van der Waals surface area contributed by atoms with Crippen molar-refractivity contribution in [1.82, 2.24) is 5.32 Å². The Morgan fingerprint density at radius 2 is 1.87 bits per heavy atom. The second-order valence-corrected chi connectivity index (χ2v) is 9.39. The summed E-state index contributed by atoms with van der Waals surface area (Å²) in [6.45, 7) is 3.99. The minimum absolute atomic E-state index is 0.0378. The number of benzene rings is 2. The molecule has 2 unspecified atom stereocenters. The van der Waals surface area contributed by atoms with Crippen molar-refractivity contribution in [3.63, 3.8) is 0 Å². The van der Waals surface area contributed by atoms with E-state index in [1.54, 1.807) is 18.2 Å². The van der Waals surface area contributed by atoms with Crippen molar-refractivity contribution < 1.29 is 14.3 Å². The van der Waals surface area contributed by atoms with Gasteiger partial charge >= 0.3 is 0 Å². The Labute approximate surface area is 185 Å². The lowest BCUT2D eigenvalue weighted by Crippen LogP contribution is -2.44. The largest absolute Gasteiger partial charge is 0.381 e. The number of hydrogen-bond donors (Lipinski definition) is 2. The van der Waals surface area contributed by atoms with E-state index in [1.165, 1.54) is 5.56 Å². The molecule has 1 aliphatic heterocycles. The first kappa shape index (κ1) is 21.1. The molecule has 30 heavy (non-hydrogen) atoms. The van der Waals surface area contributed by atoms with E-state index in [4.69, 9.17) is 4.74 Å². The number of carbonyl (C=O) groups excluding carboxylic acids is 2. The number of halogens is 1. The first-order valence-electron chi connectivity index (χ1n) is 10.5. The highest BCUT2D eigenvalue weighted by molar-refractivity contribution is 9.10. The van der Waals surface area contributed by atoms with Crippen molar-refractivity contribution in [2.24, 2.45) is 11.8 Å². The third kappa shape index (κ3) is 4.76. The van der Waals surface area contributed by atoms with Crippen LogP contribution in [-0.2, 0) is 14.9 Å². The molecule has 2 aliphatic rings. The van der Waals surface area contributed by atoms with Crippen LogP contribution >= 0.6 is 15.9 Å². The standard InChI is InChI=1S/C24H27BrN2O3/c1-16-12-21(16)23(29)27-20-7-2-4-17(13-20)22(28)26-15-24(8-10-30-11-9-24)18-5-3-6-19(25)14-18/h2-7,13-14,16,21H,8-12,15H2,1H3,(H,26,28)(H,27,29). The van der Waals surface area contributed by atoms with Gasteiger partial charge in [-0.2, -0.15) is 0 Å². The fourth-order valence-electron chi connectivity index (χ4n) is 4.16. The summed E-state index contributed by atoms with van der Waals surface area (Å²) in [5.41, 5.74) is 2.28. The van der Waals surface area contributed by atoms with E-state index in [0.29, 0.717) is 36.9 Å². The van der Waals surface area contributed by atoms with E-state index < -0.39 is 0 Å². The highest BCUT2D eigenvalue weighted by Crippen LogP contribution is 2.38. The number of carbonyl (C=O) groups is 2. The number of ether oxygens (including phenoxy) is 1. The van der Waals surface area contributed by atoms with Crippen molar-refractivity contribution in [3.8, 4) is 0 Å². The molecule has 0 spiro atoms. The molecule has 4 rings (SSSR count). The quantitative estimate of drug-likeness (QED) is 0.651. The minimum atomic E-state index is -0.147. The summed E-state index contributed by atoms with van der Waals surface area (Å²) in [4.78, 5) is 25.1. The van der Waals surface area contributed by atoms with Gasteiger partial charge in [0.2, 0.25) is 5.91 Å². The van der Waals surface area contributed by atoms with Gasteiger partial charge in [-0.15, -0.1) is 0 Å². The molecule has 2 aromatic rings. The van der Waals surface area contributed by atoms with Crippen LogP contribution < -0.4 is 10.6 Å². The zero-order valence-corrected chi connectivity index (χ0v) is 18.7. The Bertz CT molecular complexity index is 940. The minimum Gasteiger partial charge on any atom is -0.381 e. The van der Waals surface area contributed by atoms with Gasteiger partial charge in [-0.1, -0.05) is 41.1 Å². The third-order valence-corrected chi connectivity index (χ3v) is 6.81. The smallest absolute Gasteiger partial charge is 0.251 e. The van der Waals surface area contributed by atoms with Crippen molar-refractivity contribution in [2.45, 2.75) is 31.6 Å². The van der Waals surface area contributed by atoms with Gasteiger partial charge in [0.25, 0.3) is 5.91 Å². The number of hydrogen-bond acceptors (Lipinski definition) is 3. The van der Waals surface area contributed by atoms with Crippen LogP contribution in [0.2, 0.25) is 0 Å². The number of anilines is 1. The number of rotatable bonds is 6. The van der Waals surface area contributed by atoms with E-state index in [0.717, 1.165) is 23.7 Å². The Kier molecular flexibility index (Phi) is 6.25. The molecule has 2 aromatic carbocycles. The van der Waals surface area contributed by atoms with Gasteiger partial charge in [0.05, 0.1) is 0 Å². The molecule has 2 fully saturated rings. The molecule has 158 valence electrons. The van der Waals surface area contributed by atoms with Gasteiger partial charge in [-0.25, -0.2) is 0 Å². The lowest BCUT2D eigenvalue weighted by molar-refractivity contribution is -0.117. The van der Waals surface area contributed by atoms with Crippen molar-refractivity contribution >= 4 is 33.4 Å². The monoisotopic (exact) mass is 470 g/mol. The second-order valence-electron chi connectivity index (χ2n) is 8.48. The first-order valence-corrected chi connectivity index (χ1v) is 11.3. The molecule has 1 aliphatic carbocycles. The molecular formula is C24H27BrN2O3. The van der Waals surface area contributed by atoms with E-state index in [9.17, 15) is 9.59 Å². The molecular weight excluding hydrogens is 444 g/mol. The maximum Gasteiger partial charge on any atom is 0.251 e. The average Bonchev–Trinajstić information content (AvgIpc) is 3.50. The predicted molar refractivity (Wildman–Crippen MR) is 121 cm³/mol. The van der Waals surface area contributed by atoms with Crippen molar-refractivity contribution in [2.75, 3.05) is 25.1 Å². The Morgan fingerprint density at radius 3 is 2.57 bits per heavy atom. The molecule has 0 radical (unpaired) electrons. The van der Waals surface area contributed by atoms with Crippen LogP contribution in [0.15, 0.2) is 53.0 Å². The zero-order chi connectivity index (χ0) is 21.1. The molecule has 1 saturated heterocycles. The topological polar surface area (TPSA) is 67.4 Å². The highest BCUT2D eigenvalue weighted by atomic mass is 79.9. The maximum atomic E-state index is 12.9. The van der Waals surface area contributed by atoms with Crippen LogP contribution in [0.25, 0.3) is 0 Å². The third-order valence-electron chi connectivity index (χ3n) is 6.31. The molecule has 2 amide bonds. The van der Waals surface area contributed by atoms with Gasteiger partial charge in [-0.05, 0) is 61.1 Å². The van der Waals surface area contributed by atoms with Crippen LogP contribution in [0.5, 0.6) is 0 Å².